The van der Waals surface area contributed by atoms with Gasteiger partial charge in [0.15, 0.2) is 0 Å². The van der Waals surface area contributed by atoms with Gasteiger partial charge in [-0.05, 0) is 56.8 Å². The third kappa shape index (κ3) is 3.18. The minimum absolute atomic E-state index is 0.0510. The van der Waals surface area contributed by atoms with E-state index in [1.54, 1.807) is 4.68 Å². The van der Waals surface area contributed by atoms with Gasteiger partial charge in [-0.1, -0.05) is 18.2 Å². The monoisotopic (exact) mass is 384 g/mol. The van der Waals surface area contributed by atoms with E-state index in [1.807, 2.05) is 53.9 Å². The van der Waals surface area contributed by atoms with E-state index in [0.29, 0.717) is 18.5 Å². The number of carboxylic acid groups (broad SMARTS) is 1. The average molecular weight is 384 g/mol. The first-order valence-electron chi connectivity index (χ1n) is 9.92. The summed E-state index contributed by atoms with van der Waals surface area (Å²) in [5.41, 5.74) is 2.36. The maximum atomic E-state index is 13.2. The molecule has 7 nitrogen and oxygen atoms in total. The average Bonchev–Trinajstić information content (AvgIpc) is 3.14. The molecule has 150 valence electrons. The first-order valence-corrected chi connectivity index (χ1v) is 9.92. The third-order valence-electron chi connectivity index (χ3n) is 6.59. The Morgan fingerprint density at radius 1 is 1.25 bits per heavy atom. The molecule has 7 heteroatoms. The molecule has 0 bridgehead atoms. The van der Waals surface area contributed by atoms with E-state index in [1.165, 1.54) is 0 Å². The number of hydrogen-bond acceptors (Lipinski definition) is 4. The number of nitrogens with one attached hydrogen (secondary N) is 1. The number of aromatic nitrogens is 2. The van der Waals surface area contributed by atoms with E-state index in [4.69, 9.17) is 0 Å². The predicted molar refractivity (Wildman–Crippen MR) is 107 cm³/mol. The van der Waals surface area contributed by atoms with Gasteiger partial charge < -0.3 is 10.4 Å². The van der Waals surface area contributed by atoms with Crippen LogP contribution in [-0.4, -0.2) is 51.0 Å². The van der Waals surface area contributed by atoms with Crippen molar-refractivity contribution in [3.05, 3.63) is 51.9 Å². The van der Waals surface area contributed by atoms with Crippen molar-refractivity contribution in [2.75, 3.05) is 19.6 Å². The van der Waals surface area contributed by atoms with Crippen molar-refractivity contribution in [2.24, 2.45) is 12.5 Å². The van der Waals surface area contributed by atoms with Gasteiger partial charge in [-0.2, -0.15) is 0 Å². The van der Waals surface area contributed by atoms with Crippen molar-refractivity contribution < 1.29 is 9.90 Å². The molecule has 1 atom stereocenters. The SMILES string of the molecule is Cc1c(CN2CC3(CCNCC3)CC2C(=O)O)c(=O)n(-c2ccccc2)n1C. The number of carboxylic acids is 1. The van der Waals surface area contributed by atoms with Gasteiger partial charge in [0.25, 0.3) is 5.56 Å². The first-order chi connectivity index (χ1) is 13.4. The summed E-state index contributed by atoms with van der Waals surface area (Å²) in [6, 6.07) is 9.03. The van der Waals surface area contributed by atoms with Crippen LogP contribution in [0.1, 0.15) is 30.5 Å². The molecule has 0 amide bonds. The summed E-state index contributed by atoms with van der Waals surface area (Å²) in [5.74, 6) is -0.785. The minimum atomic E-state index is -0.785. The molecule has 2 aromatic rings. The number of para-hydroxylation sites is 1. The lowest BCUT2D eigenvalue weighted by Crippen LogP contribution is -2.39. The van der Waals surface area contributed by atoms with Crippen LogP contribution in [0.2, 0.25) is 0 Å². The maximum Gasteiger partial charge on any atom is 0.320 e. The molecule has 3 heterocycles. The van der Waals surface area contributed by atoms with Gasteiger partial charge in [0, 0.05) is 25.8 Å². The number of rotatable bonds is 4. The summed E-state index contributed by atoms with van der Waals surface area (Å²) >= 11 is 0. The van der Waals surface area contributed by atoms with E-state index >= 15 is 0 Å². The summed E-state index contributed by atoms with van der Waals surface area (Å²) in [7, 11) is 1.88. The van der Waals surface area contributed by atoms with Crippen LogP contribution in [0, 0.1) is 12.3 Å². The number of aliphatic carboxylic acids is 1. The van der Waals surface area contributed by atoms with Crippen LogP contribution in [0.25, 0.3) is 5.69 Å². The largest absolute Gasteiger partial charge is 0.480 e. The van der Waals surface area contributed by atoms with E-state index in [9.17, 15) is 14.7 Å². The zero-order chi connectivity index (χ0) is 19.9. The predicted octanol–water partition coefficient (Wildman–Crippen LogP) is 1.51. The molecule has 1 aromatic carbocycles. The second kappa shape index (κ2) is 7.22. The lowest BCUT2D eigenvalue weighted by atomic mass is 9.77. The summed E-state index contributed by atoms with van der Waals surface area (Å²) < 4.78 is 3.52. The Kier molecular flexibility index (Phi) is 4.89. The molecule has 1 spiro atoms. The molecular weight excluding hydrogens is 356 g/mol. The lowest BCUT2D eigenvalue weighted by molar-refractivity contribution is -0.142. The maximum absolute atomic E-state index is 13.2. The van der Waals surface area contributed by atoms with Crippen molar-refractivity contribution in [2.45, 2.75) is 38.8 Å². The van der Waals surface area contributed by atoms with E-state index in [2.05, 4.69) is 5.32 Å². The molecule has 1 aromatic heterocycles. The van der Waals surface area contributed by atoms with Gasteiger partial charge in [0.2, 0.25) is 0 Å². The van der Waals surface area contributed by atoms with Gasteiger partial charge in [-0.25, -0.2) is 4.68 Å². The van der Waals surface area contributed by atoms with Gasteiger partial charge >= 0.3 is 5.97 Å². The van der Waals surface area contributed by atoms with Crippen LogP contribution >= 0.6 is 0 Å². The molecule has 2 aliphatic rings. The van der Waals surface area contributed by atoms with E-state index in [0.717, 1.165) is 43.9 Å². The standard InChI is InChI=1S/C21H28N4O3/c1-15-17(19(26)25(23(15)2)16-6-4-3-5-7-16)13-24-14-21(8-10-22-11-9-21)12-18(24)20(27)28/h3-7,18,22H,8-14H2,1-2H3,(H,27,28). The second-order valence-electron chi connectivity index (χ2n) is 8.25. The molecular formula is C21H28N4O3. The molecule has 2 fully saturated rings. The Morgan fingerprint density at radius 3 is 2.57 bits per heavy atom. The van der Waals surface area contributed by atoms with E-state index < -0.39 is 12.0 Å². The normalized spacial score (nSPS) is 22.0. The molecule has 0 radical (unpaired) electrons. The highest BCUT2D eigenvalue weighted by Gasteiger charge is 2.47. The highest BCUT2D eigenvalue weighted by molar-refractivity contribution is 5.74. The minimum Gasteiger partial charge on any atom is -0.480 e. The van der Waals surface area contributed by atoms with Gasteiger partial charge in [-0.15, -0.1) is 0 Å². The zero-order valence-electron chi connectivity index (χ0n) is 16.5. The molecule has 0 aliphatic carbocycles. The lowest BCUT2D eigenvalue weighted by Gasteiger charge is -2.33. The molecule has 0 saturated carbocycles. The number of carbonyl (C=O) groups is 1. The van der Waals surface area contributed by atoms with Crippen LogP contribution in [-0.2, 0) is 18.4 Å². The van der Waals surface area contributed by atoms with Gasteiger partial charge in [0.1, 0.15) is 6.04 Å². The Hall–Kier alpha value is -2.38. The fourth-order valence-corrected chi connectivity index (χ4v) is 4.88. The van der Waals surface area contributed by atoms with Crippen molar-refractivity contribution in [1.29, 1.82) is 0 Å². The summed E-state index contributed by atoms with van der Waals surface area (Å²) in [5, 5.41) is 13.2. The summed E-state index contributed by atoms with van der Waals surface area (Å²) in [6.07, 6.45) is 2.66. The number of piperidine rings is 1. The molecule has 2 N–H and O–H groups in total. The van der Waals surface area contributed by atoms with Crippen molar-refractivity contribution in [1.82, 2.24) is 19.6 Å². The quantitative estimate of drug-likeness (QED) is 0.835. The smallest absolute Gasteiger partial charge is 0.320 e. The Bertz CT molecular complexity index is 925. The van der Waals surface area contributed by atoms with Crippen LogP contribution < -0.4 is 10.9 Å². The highest BCUT2D eigenvalue weighted by Crippen LogP contribution is 2.42. The molecule has 2 saturated heterocycles. The fraction of sp³-hybridized carbons (Fsp3) is 0.524. The number of nitrogens with zero attached hydrogens (tertiary/aromatic N) is 3. The Morgan fingerprint density at radius 2 is 1.93 bits per heavy atom. The Balaban J connectivity index is 1.67. The molecule has 2 aliphatic heterocycles. The van der Waals surface area contributed by atoms with Crippen LogP contribution in [0.3, 0.4) is 0 Å². The highest BCUT2D eigenvalue weighted by atomic mass is 16.4. The number of benzene rings is 1. The topological polar surface area (TPSA) is 79.5 Å². The molecule has 1 unspecified atom stereocenters. The third-order valence-corrected chi connectivity index (χ3v) is 6.59. The first kappa shape index (κ1) is 19.0. The van der Waals surface area contributed by atoms with Gasteiger partial charge in [-0.3, -0.25) is 19.2 Å². The zero-order valence-corrected chi connectivity index (χ0v) is 16.5. The van der Waals surface area contributed by atoms with Crippen LogP contribution in [0.4, 0.5) is 0 Å². The summed E-state index contributed by atoms with van der Waals surface area (Å²) in [6.45, 7) is 4.92. The van der Waals surface area contributed by atoms with Crippen molar-refractivity contribution >= 4 is 5.97 Å². The van der Waals surface area contributed by atoms with Crippen molar-refractivity contribution in [3.63, 3.8) is 0 Å². The number of likely N-dealkylation sites (tertiary alicyclic amines) is 1. The Labute approximate surface area is 164 Å². The molecule has 4 rings (SSSR count). The summed E-state index contributed by atoms with van der Waals surface area (Å²) in [4.78, 5) is 27.2. The fourth-order valence-electron chi connectivity index (χ4n) is 4.88. The molecule has 28 heavy (non-hydrogen) atoms. The number of hydrogen-bond donors (Lipinski definition) is 2. The van der Waals surface area contributed by atoms with E-state index in [-0.39, 0.29) is 11.0 Å². The van der Waals surface area contributed by atoms with Crippen LogP contribution in [0.15, 0.2) is 35.1 Å². The van der Waals surface area contributed by atoms with Crippen LogP contribution in [0.5, 0.6) is 0 Å². The second-order valence-corrected chi connectivity index (χ2v) is 8.25. The van der Waals surface area contributed by atoms with Gasteiger partial charge in [0.05, 0.1) is 11.3 Å². The van der Waals surface area contributed by atoms with Crippen molar-refractivity contribution in [3.8, 4) is 5.69 Å².